The third-order valence-corrected chi connectivity index (χ3v) is 2.42. The SMILES string of the molecule is Cc1nc(COc2ccc(CC(C)N)cc2)no1. The third-order valence-electron chi connectivity index (χ3n) is 2.42. The Bertz CT molecular complexity index is 491. The zero-order chi connectivity index (χ0) is 13.0. The largest absolute Gasteiger partial charge is 0.485 e. The zero-order valence-corrected chi connectivity index (χ0v) is 10.6. The van der Waals surface area contributed by atoms with Gasteiger partial charge in [0.1, 0.15) is 5.75 Å². The van der Waals surface area contributed by atoms with Crippen LogP contribution in [0.2, 0.25) is 0 Å². The number of aryl methyl sites for hydroxylation is 1. The summed E-state index contributed by atoms with van der Waals surface area (Å²) < 4.78 is 10.4. The van der Waals surface area contributed by atoms with Crippen LogP contribution < -0.4 is 10.5 Å². The van der Waals surface area contributed by atoms with E-state index in [-0.39, 0.29) is 6.04 Å². The van der Waals surface area contributed by atoms with E-state index in [1.165, 1.54) is 5.56 Å². The molecular weight excluding hydrogens is 230 g/mol. The average molecular weight is 247 g/mol. The summed E-state index contributed by atoms with van der Waals surface area (Å²) in [4.78, 5) is 4.06. The van der Waals surface area contributed by atoms with Crippen LogP contribution in [-0.2, 0) is 13.0 Å². The maximum Gasteiger partial charge on any atom is 0.223 e. The molecule has 1 heterocycles. The Morgan fingerprint density at radius 2 is 2.06 bits per heavy atom. The van der Waals surface area contributed by atoms with Crippen LogP contribution in [0, 0.1) is 6.92 Å². The molecule has 0 aliphatic rings. The summed E-state index contributed by atoms with van der Waals surface area (Å²) in [5.41, 5.74) is 6.94. The number of nitrogens with zero attached hydrogens (tertiary/aromatic N) is 2. The topological polar surface area (TPSA) is 74.2 Å². The van der Waals surface area contributed by atoms with Gasteiger partial charge in [-0.25, -0.2) is 0 Å². The van der Waals surface area contributed by atoms with E-state index in [0.717, 1.165) is 12.2 Å². The molecular formula is C13H17N3O2. The van der Waals surface area contributed by atoms with E-state index >= 15 is 0 Å². The Hall–Kier alpha value is -1.88. The maximum absolute atomic E-state index is 5.74. The molecule has 18 heavy (non-hydrogen) atoms. The first-order valence-electron chi connectivity index (χ1n) is 5.90. The number of ether oxygens (including phenoxy) is 1. The minimum atomic E-state index is 0.166. The van der Waals surface area contributed by atoms with Crippen LogP contribution in [0.5, 0.6) is 5.75 Å². The van der Waals surface area contributed by atoms with Crippen LogP contribution in [0.3, 0.4) is 0 Å². The summed E-state index contributed by atoms with van der Waals surface area (Å²) in [5.74, 6) is 1.87. The molecule has 0 bridgehead atoms. The van der Waals surface area contributed by atoms with Gasteiger partial charge in [-0.15, -0.1) is 0 Å². The van der Waals surface area contributed by atoms with Gasteiger partial charge in [0.2, 0.25) is 11.7 Å². The number of aromatic nitrogens is 2. The molecule has 96 valence electrons. The van der Waals surface area contributed by atoms with Crippen molar-refractivity contribution < 1.29 is 9.26 Å². The first-order valence-corrected chi connectivity index (χ1v) is 5.90. The second-order valence-electron chi connectivity index (χ2n) is 4.34. The fourth-order valence-electron chi connectivity index (χ4n) is 1.64. The summed E-state index contributed by atoms with van der Waals surface area (Å²) in [7, 11) is 0. The Morgan fingerprint density at radius 3 is 2.61 bits per heavy atom. The molecule has 5 heteroatoms. The Labute approximate surface area is 106 Å². The molecule has 0 saturated carbocycles. The Balaban J connectivity index is 1.90. The van der Waals surface area contributed by atoms with Gasteiger partial charge in [-0.2, -0.15) is 4.98 Å². The van der Waals surface area contributed by atoms with Gasteiger partial charge < -0.3 is 15.0 Å². The number of hydrogen-bond acceptors (Lipinski definition) is 5. The normalized spacial score (nSPS) is 12.4. The summed E-state index contributed by atoms with van der Waals surface area (Å²) in [5, 5.41) is 3.76. The Kier molecular flexibility index (Phi) is 3.94. The molecule has 1 atom stereocenters. The predicted molar refractivity (Wildman–Crippen MR) is 67.2 cm³/mol. The lowest BCUT2D eigenvalue weighted by atomic mass is 10.1. The van der Waals surface area contributed by atoms with Gasteiger partial charge in [0.05, 0.1) is 0 Å². The minimum Gasteiger partial charge on any atom is -0.485 e. The van der Waals surface area contributed by atoms with E-state index in [1.54, 1.807) is 6.92 Å². The fourth-order valence-corrected chi connectivity index (χ4v) is 1.64. The molecule has 0 amide bonds. The molecule has 0 saturated heterocycles. The maximum atomic E-state index is 5.74. The highest BCUT2D eigenvalue weighted by molar-refractivity contribution is 5.27. The van der Waals surface area contributed by atoms with Gasteiger partial charge >= 0.3 is 0 Å². The highest BCUT2D eigenvalue weighted by Crippen LogP contribution is 2.14. The van der Waals surface area contributed by atoms with E-state index in [0.29, 0.717) is 18.3 Å². The molecule has 0 fully saturated rings. The molecule has 2 aromatic rings. The van der Waals surface area contributed by atoms with E-state index in [1.807, 2.05) is 31.2 Å². The monoisotopic (exact) mass is 247 g/mol. The molecule has 0 radical (unpaired) electrons. The van der Waals surface area contributed by atoms with Crippen molar-refractivity contribution in [2.75, 3.05) is 0 Å². The van der Waals surface area contributed by atoms with E-state index in [9.17, 15) is 0 Å². The van der Waals surface area contributed by atoms with Crippen LogP contribution >= 0.6 is 0 Å². The average Bonchev–Trinajstić information content (AvgIpc) is 2.74. The van der Waals surface area contributed by atoms with E-state index < -0.39 is 0 Å². The van der Waals surface area contributed by atoms with Gasteiger partial charge in [0, 0.05) is 13.0 Å². The first-order chi connectivity index (χ1) is 8.63. The standard InChI is InChI=1S/C13H17N3O2/c1-9(14)7-11-3-5-12(6-4-11)17-8-13-15-10(2)18-16-13/h3-6,9H,7-8,14H2,1-2H3. The van der Waals surface area contributed by atoms with Crippen molar-refractivity contribution in [3.8, 4) is 5.75 Å². The van der Waals surface area contributed by atoms with E-state index in [4.69, 9.17) is 15.0 Å². The van der Waals surface area contributed by atoms with Crippen LogP contribution in [0.1, 0.15) is 24.2 Å². The van der Waals surface area contributed by atoms with Crippen molar-refractivity contribution in [1.82, 2.24) is 10.1 Å². The van der Waals surface area contributed by atoms with Gasteiger partial charge in [0.15, 0.2) is 6.61 Å². The first kappa shape index (κ1) is 12.6. The quantitative estimate of drug-likeness (QED) is 0.872. The number of rotatable bonds is 5. The second-order valence-corrected chi connectivity index (χ2v) is 4.34. The minimum absolute atomic E-state index is 0.166. The summed E-state index contributed by atoms with van der Waals surface area (Å²) >= 11 is 0. The zero-order valence-electron chi connectivity index (χ0n) is 10.6. The van der Waals surface area contributed by atoms with Crippen LogP contribution in [-0.4, -0.2) is 16.2 Å². The van der Waals surface area contributed by atoms with Gasteiger partial charge in [-0.05, 0) is 31.0 Å². The summed E-state index contributed by atoms with van der Waals surface area (Å²) in [6, 6.07) is 8.04. The molecule has 2 N–H and O–H groups in total. The van der Waals surface area contributed by atoms with E-state index in [2.05, 4.69) is 10.1 Å². The van der Waals surface area contributed by atoms with Crippen molar-refractivity contribution >= 4 is 0 Å². The predicted octanol–water partition coefficient (Wildman–Crippen LogP) is 1.85. The van der Waals surface area contributed by atoms with Crippen LogP contribution in [0.25, 0.3) is 0 Å². The molecule has 0 aliphatic carbocycles. The molecule has 2 rings (SSSR count). The highest BCUT2D eigenvalue weighted by atomic mass is 16.5. The van der Waals surface area contributed by atoms with Gasteiger partial charge in [-0.3, -0.25) is 0 Å². The smallest absolute Gasteiger partial charge is 0.223 e. The second kappa shape index (κ2) is 5.64. The highest BCUT2D eigenvalue weighted by Gasteiger charge is 2.03. The number of nitrogens with two attached hydrogens (primary N) is 1. The summed E-state index contributed by atoms with van der Waals surface area (Å²) in [6.45, 7) is 4.05. The Morgan fingerprint density at radius 1 is 1.33 bits per heavy atom. The van der Waals surface area contributed by atoms with Crippen LogP contribution in [0.4, 0.5) is 0 Å². The van der Waals surface area contributed by atoms with Crippen molar-refractivity contribution in [3.63, 3.8) is 0 Å². The van der Waals surface area contributed by atoms with Gasteiger partial charge in [0.25, 0.3) is 0 Å². The lowest BCUT2D eigenvalue weighted by Crippen LogP contribution is -2.17. The van der Waals surface area contributed by atoms with Crippen molar-refractivity contribution in [1.29, 1.82) is 0 Å². The van der Waals surface area contributed by atoms with Gasteiger partial charge in [-0.1, -0.05) is 17.3 Å². The lowest BCUT2D eigenvalue weighted by molar-refractivity contribution is 0.285. The molecule has 1 aromatic heterocycles. The fraction of sp³-hybridized carbons (Fsp3) is 0.385. The molecule has 0 spiro atoms. The number of benzene rings is 1. The van der Waals surface area contributed by atoms with Crippen molar-refractivity contribution in [2.24, 2.45) is 5.73 Å². The number of hydrogen-bond donors (Lipinski definition) is 1. The third kappa shape index (κ3) is 3.56. The lowest BCUT2D eigenvalue weighted by Gasteiger charge is -2.07. The van der Waals surface area contributed by atoms with Crippen LogP contribution in [0.15, 0.2) is 28.8 Å². The van der Waals surface area contributed by atoms with Crippen molar-refractivity contribution in [2.45, 2.75) is 32.9 Å². The molecule has 5 nitrogen and oxygen atoms in total. The molecule has 1 aromatic carbocycles. The van der Waals surface area contributed by atoms with Crippen molar-refractivity contribution in [3.05, 3.63) is 41.5 Å². The summed E-state index contributed by atoms with van der Waals surface area (Å²) in [6.07, 6.45) is 0.865. The molecule has 0 aliphatic heterocycles. The molecule has 1 unspecified atom stereocenters.